The third kappa shape index (κ3) is 4.50. The van der Waals surface area contributed by atoms with Crippen LogP contribution in [0, 0.1) is 11.3 Å². The SMILES string of the molecule is N#Cc1c(N)nc(SCc2ccccc2)nc1Cc1ccc(Cl)cc1. The average Bonchev–Trinajstić information content (AvgIpc) is 2.63. The van der Waals surface area contributed by atoms with Gasteiger partial charge in [-0.3, -0.25) is 0 Å². The zero-order valence-electron chi connectivity index (χ0n) is 13.3. The molecule has 0 radical (unpaired) electrons. The van der Waals surface area contributed by atoms with Crippen LogP contribution in [0.5, 0.6) is 0 Å². The lowest BCUT2D eigenvalue weighted by Gasteiger charge is -2.09. The van der Waals surface area contributed by atoms with Gasteiger partial charge in [-0.25, -0.2) is 9.97 Å². The lowest BCUT2D eigenvalue weighted by atomic mass is 10.1. The summed E-state index contributed by atoms with van der Waals surface area (Å²) in [4.78, 5) is 8.81. The quantitative estimate of drug-likeness (QED) is 0.532. The van der Waals surface area contributed by atoms with Crippen LogP contribution in [0.15, 0.2) is 59.8 Å². The van der Waals surface area contributed by atoms with E-state index < -0.39 is 0 Å². The molecule has 2 N–H and O–H groups in total. The summed E-state index contributed by atoms with van der Waals surface area (Å²) in [7, 11) is 0. The number of rotatable bonds is 5. The Kier molecular flexibility index (Phi) is 5.54. The summed E-state index contributed by atoms with van der Waals surface area (Å²) in [6, 6.07) is 19.7. The molecule has 0 saturated heterocycles. The second kappa shape index (κ2) is 8.02. The van der Waals surface area contributed by atoms with Crippen molar-refractivity contribution in [3.8, 4) is 6.07 Å². The molecule has 0 spiro atoms. The van der Waals surface area contributed by atoms with Crippen molar-refractivity contribution in [2.75, 3.05) is 5.73 Å². The van der Waals surface area contributed by atoms with E-state index in [-0.39, 0.29) is 5.82 Å². The molecule has 124 valence electrons. The summed E-state index contributed by atoms with van der Waals surface area (Å²) in [6.07, 6.45) is 0.506. The number of benzene rings is 2. The van der Waals surface area contributed by atoms with E-state index >= 15 is 0 Å². The Morgan fingerprint density at radius 2 is 1.72 bits per heavy atom. The predicted octanol–water partition coefficient (Wildman–Crippen LogP) is 4.47. The van der Waals surface area contributed by atoms with Gasteiger partial charge in [-0.1, -0.05) is 65.8 Å². The Hall–Kier alpha value is -2.55. The number of hydrogen-bond acceptors (Lipinski definition) is 5. The van der Waals surface area contributed by atoms with E-state index in [1.807, 2.05) is 42.5 Å². The van der Waals surface area contributed by atoms with E-state index in [9.17, 15) is 5.26 Å². The van der Waals surface area contributed by atoms with Crippen molar-refractivity contribution in [1.29, 1.82) is 5.26 Å². The van der Waals surface area contributed by atoms with E-state index in [0.29, 0.717) is 27.9 Å². The van der Waals surface area contributed by atoms with Gasteiger partial charge in [0.2, 0.25) is 0 Å². The minimum atomic E-state index is 0.219. The fraction of sp³-hybridized carbons (Fsp3) is 0.105. The number of thioether (sulfide) groups is 1. The van der Waals surface area contributed by atoms with E-state index in [0.717, 1.165) is 11.3 Å². The average molecular weight is 367 g/mol. The molecule has 2 aromatic carbocycles. The first-order chi connectivity index (χ1) is 12.2. The Balaban J connectivity index is 1.84. The van der Waals surface area contributed by atoms with E-state index in [2.05, 4.69) is 28.2 Å². The third-order valence-corrected chi connectivity index (χ3v) is 4.77. The van der Waals surface area contributed by atoms with Crippen LogP contribution in [-0.4, -0.2) is 9.97 Å². The van der Waals surface area contributed by atoms with Gasteiger partial charge in [0.15, 0.2) is 5.16 Å². The fourth-order valence-corrected chi connectivity index (χ4v) is 3.29. The largest absolute Gasteiger partial charge is 0.382 e. The highest BCUT2D eigenvalue weighted by Gasteiger charge is 2.13. The van der Waals surface area contributed by atoms with Crippen LogP contribution in [-0.2, 0) is 12.2 Å². The monoisotopic (exact) mass is 366 g/mol. The van der Waals surface area contributed by atoms with Crippen LogP contribution in [0.3, 0.4) is 0 Å². The minimum absolute atomic E-state index is 0.219. The molecule has 25 heavy (non-hydrogen) atoms. The summed E-state index contributed by atoms with van der Waals surface area (Å²) < 4.78 is 0. The molecule has 1 heterocycles. The molecule has 0 aliphatic heterocycles. The molecule has 0 aliphatic carbocycles. The molecule has 0 unspecified atom stereocenters. The molecule has 1 aromatic heterocycles. The molecule has 0 fully saturated rings. The van der Waals surface area contributed by atoms with Crippen molar-refractivity contribution in [3.63, 3.8) is 0 Å². The Labute approximate surface area is 155 Å². The van der Waals surface area contributed by atoms with Gasteiger partial charge in [-0.05, 0) is 23.3 Å². The number of nitrogens with two attached hydrogens (primary N) is 1. The maximum Gasteiger partial charge on any atom is 0.190 e. The summed E-state index contributed by atoms with van der Waals surface area (Å²) in [6.45, 7) is 0. The molecular formula is C19H15ClN4S. The predicted molar refractivity (Wildman–Crippen MR) is 101 cm³/mol. The number of nitrogens with zero attached hydrogens (tertiary/aromatic N) is 3. The highest BCUT2D eigenvalue weighted by Crippen LogP contribution is 2.24. The molecule has 3 aromatic rings. The molecule has 6 heteroatoms. The Bertz CT molecular complexity index is 905. The Morgan fingerprint density at radius 3 is 2.40 bits per heavy atom. The summed E-state index contributed by atoms with van der Waals surface area (Å²) in [5, 5.41) is 10.6. The van der Waals surface area contributed by atoms with Gasteiger partial charge in [0.1, 0.15) is 17.5 Å². The number of aromatic nitrogens is 2. The molecular weight excluding hydrogens is 352 g/mol. The minimum Gasteiger partial charge on any atom is -0.382 e. The van der Waals surface area contributed by atoms with Gasteiger partial charge in [-0.2, -0.15) is 5.26 Å². The molecule has 4 nitrogen and oxygen atoms in total. The second-order valence-electron chi connectivity index (χ2n) is 5.40. The lowest BCUT2D eigenvalue weighted by molar-refractivity contribution is 0.902. The van der Waals surface area contributed by atoms with Crippen molar-refractivity contribution in [3.05, 3.63) is 82.0 Å². The molecule has 0 bridgehead atoms. The number of anilines is 1. The maximum absolute atomic E-state index is 9.38. The maximum atomic E-state index is 9.38. The van der Waals surface area contributed by atoms with Crippen molar-refractivity contribution >= 4 is 29.2 Å². The van der Waals surface area contributed by atoms with Crippen molar-refractivity contribution < 1.29 is 0 Å². The fourth-order valence-electron chi connectivity index (χ4n) is 2.34. The first-order valence-corrected chi connectivity index (χ1v) is 8.99. The van der Waals surface area contributed by atoms with Crippen LogP contribution in [0.1, 0.15) is 22.4 Å². The number of nitrogen functional groups attached to an aromatic ring is 1. The third-order valence-electron chi connectivity index (χ3n) is 3.60. The van der Waals surface area contributed by atoms with Crippen LogP contribution in [0.4, 0.5) is 5.82 Å². The lowest BCUT2D eigenvalue weighted by Crippen LogP contribution is -2.06. The summed E-state index contributed by atoms with van der Waals surface area (Å²) in [5.41, 5.74) is 9.13. The zero-order chi connectivity index (χ0) is 17.6. The van der Waals surface area contributed by atoms with Gasteiger partial charge in [-0.15, -0.1) is 0 Å². The Morgan fingerprint density at radius 1 is 1.00 bits per heavy atom. The number of nitriles is 1. The second-order valence-corrected chi connectivity index (χ2v) is 6.78. The standard InChI is InChI=1S/C19H15ClN4S/c20-15-8-6-13(7-9-15)10-17-16(11-21)18(22)24-19(23-17)25-12-14-4-2-1-3-5-14/h1-9H,10,12H2,(H2,22,23,24). The molecule has 0 saturated carbocycles. The number of hydrogen-bond donors (Lipinski definition) is 1. The zero-order valence-corrected chi connectivity index (χ0v) is 14.9. The van der Waals surface area contributed by atoms with Crippen LogP contribution >= 0.6 is 23.4 Å². The first-order valence-electron chi connectivity index (χ1n) is 7.63. The van der Waals surface area contributed by atoms with Crippen LogP contribution in [0.2, 0.25) is 5.02 Å². The highest BCUT2D eigenvalue weighted by molar-refractivity contribution is 7.98. The van der Waals surface area contributed by atoms with Gasteiger partial charge < -0.3 is 5.73 Å². The molecule has 3 rings (SSSR count). The highest BCUT2D eigenvalue weighted by atomic mass is 35.5. The van der Waals surface area contributed by atoms with Gasteiger partial charge in [0.05, 0.1) is 5.69 Å². The van der Waals surface area contributed by atoms with E-state index in [1.54, 1.807) is 0 Å². The van der Waals surface area contributed by atoms with Gasteiger partial charge >= 0.3 is 0 Å². The smallest absolute Gasteiger partial charge is 0.190 e. The van der Waals surface area contributed by atoms with E-state index in [4.69, 9.17) is 17.3 Å². The number of halogens is 1. The van der Waals surface area contributed by atoms with Crippen molar-refractivity contribution in [1.82, 2.24) is 9.97 Å². The van der Waals surface area contributed by atoms with E-state index in [1.165, 1.54) is 17.3 Å². The first kappa shape index (κ1) is 17.3. The van der Waals surface area contributed by atoms with Crippen molar-refractivity contribution in [2.45, 2.75) is 17.3 Å². The van der Waals surface area contributed by atoms with Gasteiger partial charge in [0, 0.05) is 17.2 Å². The topological polar surface area (TPSA) is 75.6 Å². The summed E-state index contributed by atoms with van der Waals surface area (Å²) >= 11 is 7.42. The molecule has 0 amide bonds. The van der Waals surface area contributed by atoms with Crippen molar-refractivity contribution in [2.24, 2.45) is 0 Å². The normalized spacial score (nSPS) is 10.4. The molecule has 0 aliphatic rings. The van der Waals surface area contributed by atoms with Crippen LogP contribution < -0.4 is 5.73 Å². The van der Waals surface area contributed by atoms with Gasteiger partial charge in [0.25, 0.3) is 0 Å². The molecule has 0 atom stereocenters. The van der Waals surface area contributed by atoms with Crippen LogP contribution in [0.25, 0.3) is 0 Å². The summed E-state index contributed by atoms with van der Waals surface area (Å²) in [5.74, 6) is 0.962.